The van der Waals surface area contributed by atoms with Crippen LogP contribution in [0.15, 0.2) is 22.9 Å². The van der Waals surface area contributed by atoms with E-state index in [1.54, 1.807) is 11.3 Å². The van der Waals surface area contributed by atoms with E-state index >= 15 is 0 Å². The molecule has 1 atom stereocenters. The van der Waals surface area contributed by atoms with E-state index in [1.165, 1.54) is 5.56 Å². The Morgan fingerprint density at radius 3 is 2.90 bits per heavy atom. The molecule has 0 aliphatic rings. The summed E-state index contributed by atoms with van der Waals surface area (Å²) in [6, 6.07) is 4.17. The summed E-state index contributed by atoms with van der Waals surface area (Å²) < 4.78 is 0. The maximum absolute atomic E-state index is 12.6. The molecule has 2 aromatic rings. The van der Waals surface area contributed by atoms with Crippen molar-refractivity contribution in [2.45, 2.75) is 46.1 Å². The Labute approximate surface area is 130 Å². The van der Waals surface area contributed by atoms with Crippen molar-refractivity contribution in [1.82, 2.24) is 15.1 Å². The van der Waals surface area contributed by atoms with Gasteiger partial charge in [-0.15, -0.1) is 0 Å². The minimum Gasteiger partial charge on any atom is -0.334 e. The molecule has 2 rings (SSSR count). The van der Waals surface area contributed by atoms with E-state index in [0.29, 0.717) is 12.2 Å². The average molecular weight is 305 g/mol. The molecular weight excluding hydrogens is 282 g/mol. The highest BCUT2D eigenvalue weighted by molar-refractivity contribution is 7.07. The van der Waals surface area contributed by atoms with E-state index in [9.17, 15) is 4.79 Å². The summed E-state index contributed by atoms with van der Waals surface area (Å²) in [5.41, 5.74) is 2.84. The first kappa shape index (κ1) is 15.8. The summed E-state index contributed by atoms with van der Waals surface area (Å²) >= 11 is 1.69. The van der Waals surface area contributed by atoms with Crippen LogP contribution in [0, 0.1) is 0 Å². The van der Waals surface area contributed by atoms with E-state index in [1.807, 2.05) is 17.9 Å². The predicted octanol–water partition coefficient (Wildman–Crippen LogP) is 3.52. The molecule has 0 spiro atoms. The van der Waals surface area contributed by atoms with Crippen LogP contribution in [0.4, 0.5) is 0 Å². The van der Waals surface area contributed by atoms with E-state index in [4.69, 9.17) is 0 Å². The molecule has 2 heterocycles. The van der Waals surface area contributed by atoms with Gasteiger partial charge < -0.3 is 4.90 Å². The lowest BCUT2D eigenvalue weighted by atomic mass is 10.1. The zero-order valence-electron chi connectivity index (χ0n) is 12.9. The first-order chi connectivity index (χ1) is 10.2. The standard InChI is InChI=1S/C16H23N3OS/c1-4-6-14-10-15(18-17-14)16(20)19(5-2)12(3)9-13-7-8-21-11-13/h7-8,10-12H,4-6,9H2,1-3H3,(H,17,18). The van der Waals surface area contributed by atoms with Crippen LogP contribution in [-0.4, -0.2) is 33.6 Å². The van der Waals surface area contributed by atoms with Gasteiger partial charge in [0.25, 0.3) is 5.91 Å². The normalized spacial score (nSPS) is 12.3. The van der Waals surface area contributed by atoms with E-state index < -0.39 is 0 Å². The second-order valence-electron chi connectivity index (χ2n) is 5.30. The molecule has 0 saturated heterocycles. The number of aromatic amines is 1. The molecule has 114 valence electrons. The molecular formula is C16H23N3OS. The maximum atomic E-state index is 12.6. The monoisotopic (exact) mass is 305 g/mol. The van der Waals surface area contributed by atoms with Crippen LogP contribution < -0.4 is 0 Å². The van der Waals surface area contributed by atoms with E-state index in [-0.39, 0.29) is 11.9 Å². The molecule has 0 aliphatic carbocycles. The fourth-order valence-corrected chi connectivity index (χ4v) is 3.21. The van der Waals surface area contributed by atoms with Gasteiger partial charge in [0.1, 0.15) is 5.69 Å². The van der Waals surface area contributed by atoms with E-state index in [0.717, 1.165) is 25.0 Å². The number of aromatic nitrogens is 2. The Morgan fingerprint density at radius 2 is 2.29 bits per heavy atom. The highest BCUT2D eigenvalue weighted by Crippen LogP contribution is 2.15. The van der Waals surface area contributed by atoms with Crippen LogP contribution in [0.2, 0.25) is 0 Å². The van der Waals surface area contributed by atoms with Crippen LogP contribution in [0.1, 0.15) is 48.9 Å². The van der Waals surface area contributed by atoms with Crippen molar-refractivity contribution in [2.75, 3.05) is 6.54 Å². The Kier molecular flexibility index (Phi) is 5.56. The van der Waals surface area contributed by atoms with Gasteiger partial charge in [0.05, 0.1) is 0 Å². The third kappa shape index (κ3) is 3.94. The summed E-state index contributed by atoms with van der Waals surface area (Å²) in [7, 11) is 0. The van der Waals surface area contributed by atoms with Gasteiger partial charge in [0.2, 0.25) is 0 Å². The Bertz CT molecular complexity index is 562. The number of thiophene rings is 1. The Morgan fingerprint density at radius 1 is 1.48 bits per heavy atom. The van der Waals surface area contributed by atoms with Gasteiger partial charge in [0.15, 0.2) is 0 Å². The largest absolute Gasteiger partial charge is 0.334 e. The summed E-state index contributed by atoms with van der Waals surface area (Å²) in [4.78, 5) is 14.5. The van der Waals surface area contributed by atoms with Gasteiger partial charge in [0, 0.05) is 18.3 Å². The van der Waals surface area contributed by atoms with Crippen LogP contribution in [0.3, 0.4) is 0 Å². The number of carbonyl (C=O) groups is 1. The third-order valence-corrected chi connectivity index (χ3v) is 4.35. The summed E-state index contributed by atoms with van der Waals surface area (Å²) in [6.45, 7) is 6.92. The van der Waals surface area contributed by atoms with Crippen molar-refractivity contribution in [3.63, 3.8) is 0 Å². The molecule has 1 unspecified atom stereocenters. The van der Waals surface area contributed by atoms with Crippen molar-refractivity contribution in [3.8, 4) is 0 Å². The van der Waals surface area contributed by atoms with Crippen molar-refractivity contribution in [3.05, 3.63) is 39.8 Å². The minimum atomic E-state index is 0.0128. The fourth-order valence-electron chi connectivity index (χ4n) is 2.53. The Hall–Kier alpha value is -1.62. The summed E-state index contributed by atoms with van der Waals surface area (Å²) in [6.07, 6.45) is 2.86. The van der Waals surface area contributed by atoms with Crippen molar-refractivity contribution < 1.29 is 4.79 Å². The van der Waals surface area contributed by atoms with Gasteiger partial charge in [-0.25, -0.2) is 0 Å². The van der Waals surface area contributed by atoms with Crippen molar-refractivity contribution in [1.29, 1.82) is 0 Å². The summed E-state index contributed by atoms with van der Waals surface area (Å²) in [5, 5.41) is 11.3. The number of nitrogens with zero attached hydrogens (tertiary/aromatic N) is 2. The molecule has 21 heavy (non-hydrogen) atoms. The molecule has 4 nitrogen and oxygen atoms in total. The first-order valence-corrected chi connectivity index (χ1v) is 8.46. The number of hydrogen-bond donors (Lipinski definition) is 1. The zero-order valence-corrected chi connectivity index (χ0v) is 13.7. The van der Waals surface area contributed by atoms with Crippen LogP contribution in [0.25, 0.3) is 0 Å². The zero-order chi connectivity index (χ0) is 15.2. The minimum absolute atomic E-state index is 0.0128. The van der Waals surface area contributed by atoms with Gasteiger partial charge in [-0.3, -0.25) is 9.89 Å². The molecule has 2 aromatic heterocycles. The first-order valence-electron chi connectivity index (χ1n) is 7.52. The number of carbonyl (C=O) groups excluding carboxylic acids is 1. The lowest BCUT2D eigenvalue weighted by Crippen LogP contribution is -2.39. The van der Waals surface area contributed by atoms with Crippen molar-refractivity contribution >= 4 is 17.2 Å². The topological polar surface area (TPSA) is 49.0 Å². The lowest BCUT2D eigenvalue weighted by molar-refractivity contribution is 0.0697. The smallest absolute Gasteiger partial charge is 0.274 e. The molecule has 5 heteroatoms. The van der Waals surface area contributed by atoms with Crippen LogP contribution >= 0.6 is 11.3 Å². The SMILES string of the molecule is CCCc1cc(C(=O)N(CC)C(C)Cc2ccsc2)n[nH]1. The fraction of sp³-hybridized carbons (Fsp3) is 0.500. The molecule has 0 fully saturated rings. The number of hydrogen-bond acceptors (Lipinski definition) is 3. The van der Waals surface area contributed by atoms with Gasteiger partial charge in [-0.05, 0) is 55.1 Å². The van der Waals surface area contributed by atoms with Gasteiger partial charge in [-0.1, -0.05) is 13.3 Å². The Balaban J connectivity index is 2.06. The number of H-pyrrole nitrogens is 1. The highest BCUT2D eigenvalue weighted by Gasteiger charge is 2.22. The van der Waals surface area contributed by atoms with Gasteiger partial charge >= 0.3 is 0 Å². The lowest BCUT2D eigenvalue weighted by Gasteiger charge is -2.27. The molecule has 0 aliphatic heterocycles. The molecule has 0 radical (unpaired) electrons. The second kappa shape index (κ2) is 7.41. The number of likely N-dealkylation sites (N-methyl/N-ethyl adjacent to an activating group) is 1. The maximum Gasteiger partial charge on any atom is 0.274 e. The second-order valence-corrected chi connectivity index (χ2v) is 6.08. The number of rotatable bonds is 7. The molecule has 1 N–H and O–H groups in total. The van der Waals surface area contributed by atoms with E-state index in [2.05, 4.69) is 40.9 Å². The van der Waals surface area contributed by atoms with Gasteiger partial charge in [-0.2, -0.15) is 16.4 Å². The number of amides is 1. The number of nitrogens with one attached hydrogen (secondary N) is 1. The highest BCUT2D eigenvalue weighted by atomic mass is 32.1. The molecule has 1 amide bonds. The van der Waals surface area contributed by atoms with Crippen molar-refractivity contribution in [2.24, 2.45) is 0 Å². The number of aryl methyl sites for hydroxylation is 1. The van der Waals surface area contributed by atoms with Crippen LogP contribution in [0.5, 0.6) is 0 Å². The van der Waals surface area contributed by atoms with Crippen LogP contribution in [-0.2, 0) is 12.8 Å². The quantitative estimate of drug-likeness (QED) is 0.851. The average Bonchev–Trinajstić information content (AvgIpc) is 3.11. The molecule has 0 aromatic carbocycles. The molecule has 0 saturated carbocycles. The molecule has 0 bridgehead atoms. The third-order valence-electron chi connectivity index (χ3n) is 3.61. The predicted molar refractivity (Wildman–Crippen MR) is 86.8 cm³/mol. The summed E-state index contributed by atoms with van der Waals surface area (Å²) in [5.74, 6) is 0.0128.